The van der Waals surface area contributed by atoms with Gasteiger partial charge in [0, 0.05) is 6.20 Å². The molecule has 5 nitrogen and oxygen atoms in total. The molecule has 0 aliphatic rings. The van der Waals surface area contributed by atoms with Crippen LogP contribution in [0.3, 0.4) is 0 Å². The molecule has 86 valence electrons. The highest BCUT2D eigenvalue weighted by atomic mass is 35.5. The lowest BCUT2D eigenvalue weighted by Crippen LogP contribution is -2.40. The van der Waals surface area contributed by atoms with Gasteiger partial charge in [-0.1, -0.05) is 18.5 Å². The fraction of sp³-hybridized carbons (Fsp3) is 0.300. The molecule has 0 unspecified atom stereocenters. The maximum Gasteiger partial charge on any atom is 0.326 e. The molecule has 0 saturated heterocycles. The molecule has 1 rings (SSSR count). The van der Waals surface area contributed by atoms with Crippen molar-refractivity contribution in [3.63, 3.8) is 0 Å². The summed E-state index contributed by atoms with van der Waals surface area (Å²) in [6.45, 7) is 1.67. The molecule has 0 aromatic carbocycles. The summed E-state index contributed by atoms with van der Waals surface area (Å²) < 4.78 is 0. The van der Waals surface area contributed by atoms with Crippen LogP contribution in [-0.2, 0) is 4.79 Å². The first-order valence-corrected chi connectivity index (χ1v) is 5.07. The van der Waals surface area contributed by atoms with E-state index in [1.807, 2.05) is 0 Å². The van der Waals surface area contributed by atoms with Crippen LogP contribution in [0.2, 0.25) is 5.02 Å². The molecule has 0 aliphatic carbocycles. The molecule has 0 radical (unpaired) electrons. The molecule has 1 heterocycles. The summed E-state index contributed by atoms with van der Waals surface area (Å²) in [5, 5.41) is 11.5. The van der Waals surface area contributed by atoms with Gasteiger partial charge < -0.3 is 10.4 Å². The molecule has 1 aromatic rings. The summed E-state index contributed by atoms with van der Waals surface area (Å²) >= 11 is 5.61. The number of pyridine rings is 1. The number of carbonyl (C=O) groups is 2. The zero-order chi connectivity index (χ0) is 12.1. The Morgan fingerprint density at radius 1 is 1.56 bits per heavy atom. The predicted molar refractivity (Wildman–Crippen MR) is 58.4 cm³/mol. The molecule has 0 bridgehead atoms. The van der Waals surface area contributed by atoms with Gasteiger partial charge in [-0.15, -0.1) is 0 Å². The van der Waals surface area contributed by atoms with Gasteiger partial charge in [0.05, 0.1) is 5.02 Å². The van der Waals surface area contributed by atoms with E-state index >= 15 is 0 Å². The molecular formula is C10H11ClN2O3. The Hall–Kier alpha value is -1.62. The highest BCUT2D eigenvalue weighted by Crippen LogP contribution is 2.06. The zero-order valence-electron chi connectivity index (χ0n) is 8.61. The fourth-order valence-electron chi connectivity index (χ4n) is 1.08. The zero-order valence-corrected chi connectivity index (χ0v) is 9.36. The van der Waals surface area contributed by atoms with Gasteiger partial charge >= 0.3 is 5.97 Å². The lowest BCUT2D eigenvalue weighted by Gasteiger charge is -2.11. The van der Waals surface area contributed by atoms with Crippen molar-refractivity contribution >= 4 is 23.5 Å². The summed E-state index contributed by atoms with van der Waals surface area (Å²) in [4.78, 5) is 26.0. The summed E-state index contributed by atoms with van der Waals surface area (Å²) in [5.74, 6) is -1.59. The van der Waals surface area contributed by atoms with Gasteiger partial charge in [-0.3, -0.25) is 4.79 Å². The van der Waals surface area contributed by atoms with Crippen LogP contribution in [-0.4, -0.2) is 28.0 Å². The van der Waals surface area contributed by atoms with Crippen molar-refractivity contribution in [1.29, 1.82) is 0 Å². The first kappa shape index (κ1) is 12.4. The van der Waals surface area contributed by atoms with Crippen LogP contribution < -0.4 is 5.32 Å². The first-order chi connectivity index (χ1) is 7.54. The Balaban J connectivity index is 2.71. The van der Waals surface area contributed by atoms with Gasteiger partial charge in [0.25, 0.3) is 5.91 Å². The largest absolute Gasteiger partial charge is 0.480 e. The summed E-state index contributed by atoms with van der Waals surface area (Å²) in [6, 6.07) is 2.06. The van der Waals surface area contributed by atoms with Crippen molar-refractivity contribution in [2.75, 3.05) is 0 Å². The average Bonchev–Trinajstić information content (AvgIpc) is 2.26. The van der Waals surface area contributed by atoms with E-state index in [-0.39, 0.29) is 5.69 Å². The Morgan fingerprint density at radius 2 is 2.25 bits per heavy atom. The summed E-state index contributed by atoms with van der Waals surface area (Å²) in [6.07, 6.45) is 1.65. The Labute approximate surface area is 97.4 Å². The molecule has 2 N–H and O–H groups in total. The van der Waals surface area contributed by atoms with E-state index in [2.05, 4.69) is 10.3 Å². The number of carbonyl (C=O) groups excluding carboxylic acids is 1. The van der Waals surface area contributed by atoms with Crippen LogP contribution in [0, 0.1) is 0 Å². The van der Waals surface area contributed by atoms with Crippen LogP contribution >= 0.6 is 11.6 Å². The third-order valence-corrected chi connectivity index (χ3v) is 2.20. The van der Waals surface area contributed by atoms with Gasteiger partial charge in [-0.2, -0.15) is 0 Å². The number of nitrogens with one attached hydrogen (secondary N) is 1. The Bertz CT molecular complexity index is 392. The van der Waals surface area contributed by atoms with Crippen LogP contribution in [0.1, 0.15) is 23.8 Å². The quantitative estimate of drug-likeness (QED) is 0.835. The van der Waals surface area contributed by atoms with E-state index in [1.165, 1.54) is 18.3 Å². The number of rotatable bonds is 4. The minimum atomic E-state index is -1.06. The number of carboxylic acids is 1. The van der Waals surface area contributed by atoms with E-state index in [0.717, 1.165) is 0 Å². The second kappa shape index (κ2) is 5.46. The minimum Gasteiger partial charge on any atom is -0.480 e. The maximum absolute atomic E-state index is 11.5. The van der Waals surface area contributed by atoms with Crippen molar-refractivity contribution in [3.05, 3.63) is 29.0 Å². The number of nitrogens with zero attached hydrogens (tertiary/aromatic N) is 1. The van der Waals surface area contributed by atoms with Gasteiger partial charge in [0.2, 0.25) is 0 Å². The van der Waals surface area contributed by atoms with E-state index in [1.54, 1.807) is 6.92 Å². The maximum atomic E-state index is 11.5. The lowest BCUT2D eigenvalue weighted by atomic mass is 10.2. The number of halogens is 1. The molecule has 1 aromatic heterocycles. The van der Waals surface area contributed by atoms with Crippen molar-refractivity contribution in [3.8, 4) is 0 Å². The smallest absolute Gasteiger partial charge is 0.326 e. The molecule has 0 fully saturated rings. The fourth-order valence-corrected chi connectivity index (χ4v) is 1.19. The monoisotopic (exact) mass is 242 g/mol. The Kier molecular flexibility index (Phi) is 4.25. The van der Waals surface area contributed by atoms with Crippen LogP contribution in [0.15, 0.2) is 18.3 Å². The normalized spacial score (nSPS) is 11.9. The first-order valence-electron chi connectivity index (χ1n) is 4.69. The van der Waals surface area contributed by atoms with Gasteiger partial charge in [0.15, 0.2) is 0 Å². The molecule has 0 saturated carbocycles. The minimum absolute atomic E-state index is 0.143. The molecule has 0 aliphatic heterocycles. The molecule has 0 spiro atoms. The van der Waals surface area contributed by atoms with E-state index in [4.69, 9.17) is 16.7 Å². The summed E-state index contributed by atoms with van der Waals surface area (Å²) in [7, 11) is 0. The van der Waals surface area contributed by atoms with Crippen molar-refractivity contribution < 1.29 is 14.7 Å². The second-order valence-corrected chi connectivity index (χ2v) is 3.57. The van der Waals surface area contributed by atoms with Crippen LogP contribution in [0.5, 0.6) is 0 Å². The number of carboxylic acid groups (broad SMARTS) is 1. The van der Waals surface area contributed by atoms with Gasteiger partial charge in [-0.05, 0) is 18.6 Å². The highest BCUT2D eigenvalue weighted by Gasteiger charge is 2.18. The van der Waals surface area contributed by atoms with E-state index < -0.39 is 17.9 Å². The number of aromatic nitrogens is 1. The number of hydrogen-bond acceptors (Lipinski definition) is 3. The van der Waals surface area contributed by atoms with E-state index in [0.29, 0.717) is 11.4 Å². The Morgan fingerprint density at radius 3 is 2.69 bits per heavy atom. The second-order valence-electron chi connectivity index (χ2n) is 3.13. The molecule has 6 heteroatoms. The number of aliphatic carboxylic acids is 1. The summed E-state index contributed by atoms with van der Waals surface area (Å²) in [5.41, 5.74) is 0.143. The lowest BCUT2D eigenvalue weighted by molar-refractivity contribution is -0.139. The topological polar surface area (TPSA) is 79.3 Å². The standard InChI is InChI=1S/C10H11ClN2O3/c1-2-7(10(15)16)13-9(14)8-4-3-6(11)5-12-8/h3-5,7H,2H2,1H3,(H,13,14)(H,15,16)/t7-/m0/s1. The SMILES string of the molecule is CC[C@H](NC(=O)c1ccc(Cl)cn1)C(=O)O. The van der Waals surface area contributed by atoms with Crippen molar-refractivity contribution in [2.24, 2.45) is 0 Å². The molecule has 1 atom stereocenters. The van der Waals surface area contributed by atoms with E-state index in [9.17, 15) is 9.59 Å². The third kappa shape index (κ3) is 3.20. The predicted octanol–water partition coefficient (Wildman–Crippen LogP) is 1.33. The van der Waals surface area contributed by atoms with Crippen LogP contribution in [0.4, 0.5) is 0 Å². The van der Waals surface area contributed by atoms with Crippen LogP contribution in [0.25, 0.3) is 0 Å². The molecular weight excluding hydrogens is 232 g/mol. The number of amides is 1. The van der Waals surface area contributed by atoms with Gasteiger partial charge in [0.1, 0.15) is 11.7 Å². The highest BCUT2D eigenvalue weighted by molar-refractivity contribution is 6.30. The van der Waals surface area contributed by atoms with Crippen molar-refractivity contribution in [2.45, 2.75) is 19.4 Å². The van der Waals surface area contributed by atoms with Crippen molar-refractivity contribution in [1.82, 2.24) is 10.3 Å². The molecule has 16 heavy (non-hydrogen) atoms. The third-order valence-electron chi connectivity index (χ3n) is 1.97. The average molecular weight is 243 g/mol. The number of hydrogen-bond donors (Lipinski definition) is 2. The molecule has 1 amide bonds. The van der Waals surface area contributed by atoms with Gasteiger partial charge in [-0.25, -0.2) is 9.78 Å².